The molecule has 0 aliphatic heterocycles. The van der Waals surface area contributed by atoms with E-state index < -0.39 is 9.84 Å². The SMILES string of the molecule is CCS(=O)(=O)c1ccc(C2CCCC2)cc1. The Kier molecular flexibility index (Phi) is 3.33. The van der Waals surface area contributed by atoms with E-state index in [0.717, 1.165) is 0 Å². The molecule has 1 aromatic rings. The van der Waals surface area contributed by atoms with E-state index in [9.17, 15) is 8.42 Å². The minimum atomic E-state index is -3.04. The van der Waals surface area contributed by atoms with E-state index in [0.29, 0.717) is 10.8 Å². The van der Waals surface area contributed by atoms with Crippen molar-refractivity contribution < 1.29 is 8.42 Å². The highest BCUT2D eigenvalue weighted by atomic mass is 32.2. The molecular formula is C13H18O2S. The van der Waals surface area contributed by atoms with Crippen molar-refractivity contribution in [2.75, 3.05) is 5.75 Å². The van der Waals surface area contributed by atoms with E-state index in [1.54, 1.807) is 19.1 Å². The van der Waals surface area contributed by atoms with Gasteiger partial charge in [0.25, 0.3) is 0 Å². The minimum absolute atomic E-state index is 0.176. The summed E-state index contributed by atoms with van der Waals surface area (Å²) < 4.78 is 23.3. The average Bonchev–Trinajstić information content (AvgIpc) is 2.83. The highest BCUT2D eigenvalue weighted by Gasteiger charge is 2.18. The molecule has 0 bridgehead atoms. The molecule has 0 radical (unpaired) electrons. The van der Waals surface area contributed by atoms with E-state index >= 15 is 0 Å². The lowest BCUT2D eigenvalue weighted by molar-refractivity contribution is 0.597. The number of rotatable bonds is 3. The van der Waals surface area contributed by atoms with Crippen LogP contribution in [0.25, 0.3) is 0 Å². The fraction of sp³-hybridized carbons (Fsp3) is 0.538. The molecule has 0 saturated heterocycles. The third-order valence-electron chi connectivity index (χ3n) is 3.45. The van der Waals surface area contributed by atoms with Crippen LogP contribution in [0.15, 0.2) is 29.2 Å². The van der Waals surface area contributed by atoms with Crippen LogP contribution in [0.3, 0.4) is 0 Å². The zero-order valence-electron chi connectivity index (χ0n) is 9.65. The molecule has 1 aliphatic rings. The van der Waals surface area contributed by atoms with Gasteiger partial charge in [-0.1, -0.05) is 31.9 Å². The molecule has 0 spiro atoms. The molecule has 88 valence electrons. The summed E-state index contributed by atoms with van der Waals surface area (Å²) in [5, 5.41) is 0. The van der Waals surface area contributed by atoms with Gasteiger partial charge < -0.3 is 0 Å². The number of sulfone groups is 1. The zero-order chi connectivity index (χ0) is 11.6. The van der Waals surface area contributed by atoms with Gasteiger partial charge in [-0.15, -0.1) is 0 Å². The summed E-state index contributed by atoms with van der Waals surface area (Å²) in [6.45, 7) is 1.68. The van der Waals surface area contributed by atoms with E-state index in [-0.39, 0.29) is 5.75 Å². The van der Waals surface area contributed by atoms with E-state index in [1.165, 1.54) is 31.2 Å². The first-order valence-electron chi connectivity index (χ1n) is 5.96. The van der Waals surface area contributed by atoms with Crippen molar-refractivity contribution in [1.82, 2.24) is 0 Å². The molecule has 0 N–H and O–H groups in total. The van der Waals surface area contributed by atoms with Crippen LogP contribution >= 0.6 is 0 Å². The Labute approximate surface area is 97.6 Å². The Balaban J connectivity index is 2.22. The molecule has 1 aliphatic carbocycles. The summed E-state index contributed by atoms with van der Waals surface area (Å²) in [6.07, 6.45) is 5.11. The predicted molar refractivity (Wildman–Crippen MR) is 65.4 cm³/mol. The molecule has 16 heavy (non-hydrogen) atoms. The van der Waals surface area contributed by atoms with Crippen LogP contribution < -0.4 is 0 Å². The summed E-state index contributed by atoms with van der Waals surface area (Å²) in [6, 6.07) is 7.48. The van der Waals surface area contributed by atoms with Crippen molar-refractivity contribution in [2.24, 2.45) is 0 Å². The van der Waals surface area contributed by atoms with Crippen molar-refractivity contribution >= 4 is 9.84 Å². The summed E-state index contributed by atoms with van der Waals surface area (Å²) >= 11 is 0. The zero-order valence-corrected chi connectivity index (χ0v) is 10.5. The Morgan fingerprint density at radius 1 is 1.12 bits per heavy atom. The Morgan fingerprint density at radius 3 is 2.19 bits per heavy atom. The molecule has 1 saturated carbocycles. The summed E-state index contributed by atoms with van der Waals surface area (Å²) in [5.74, 6) is 0.828. The van der Waals surface area contributed by atoms with Gasteiger partial charge in [0.05, 0.1) is 10.6 Å². The molecule has 1 fully saturated rings. The van der Waals surface area contributed by atoms with Crippen LogP contribution in [0, 0.1) is 0 Å². The molecule has 1 aromatic carbocycles. The second kappa shape index (κ2) is 4.58. The van der Waals surface area contributed by atoms with E-state index in [2.05, 4.69) is 0 Å². The molecule has 2 rings (SSSR count). The maximum absolute atomic E-state index is 11.6. The first-order chi connectivity index (χ1) is 7.63. The van der Waals surface area contributed by atoms with Crippen LogP contribution in [0.4, 0.5) is 0 Å². The maximum Gasteiger partial charge on any atom is 0.178 e. The number of hydrogen-bond acceptors (Lipinski definition) is 2. The number of benzene rings is 1. The maximum atomic E-state index is 11.6. The summed E-state index contributed by atoms with van der Waals surface area (Å²) in [5.41, 5.74) is 1.30. The molecule has 0 atom stereocenters. The Bertz CT molecular complexity index is 439. The largest absolute Gasteiger partial charge is 0.224 e. The quantitative estimate of drug-likeness (QED) is 0.810. The lowest BCUT2D eigenvalue weighted by Gasteiger charge is -2.10. The van der Waals surface area contributed by atoms with Gasteiger partial charge in [-0.2, -0.15) is 0 Å². The van der Waals surface area contributed by atoms with E-state index in [1.807, 2.05) is 12.1 Å². The lowest BCUT2D eigenvalue weighted by Crippen LogP contribution is -2.03. The van der Waals surface area contributed by atoms with Crippen molar-refractivity contribution in [2.45, 2.75) is 43.4 Å². The topological polar surface area (TPSA) is 34.1 Å². The standard InChI is InChI=1S/C13H18O2S/c1-2-16(14,15)13-9-7-12(8-10-13)11-5-3-4-6-11/h7-11H,2-6H2,1H3. The Morgan fingerprint density at radius 2 is 1.69 bits per heavy atom. The van der Waals surface area contributed by atoms with Gasteiger partial charge in [0.1, 0.15) is 0 Å². The van der Waals surface area contributed by atoms with Crippen molar-refractivity contribution in [3.8, 4) is 0 Å². The second-order valence-electron chi connectivity index (χ2n) is 4.45. The summed E-state index contributed by atoms with van der Waals surface area (Å²) in [7, 11) is -3.04. The first-order valence-corrected chi connectivity index (χ1v) is 7.61. The molecule has 0 heterocycles. The van der Waals surface area contributed by atoms with Gasteiger partial charge in [-0.05, 0) is 36.5 Å². The fourth-order valence-corrected chi connectivity index (χ4v) is 3.26. The van der Waals surface area contributed by atoms with Gasteiger partial charge in [0, 0.05) is 0 Å². The third-order valence-corrected chi connectivity index (χ3v) is 5.20. The molecule has 0 amide bonds. The molecule has 0 aromatic heterocycles. The van der Waals surface area contributed by atoms with Crippen LogP contribution in [-0.4, -0.2) is 14.2 Å². The van der Waals surface area contributed by atoms with Crippen LogP contribution in [0.1, 0.15) is 44.1 Å². The molecule has 2 nitrogen and oxygen atoms in total. The number of hydrogen-bond donors (Lipinski definition) is 0. The monoisotopic (exact) mass is 238 g/mol. The highest BCUT2D eigenvalue weighted by Crippen LogP contribution is 2.34. The minimum Gasteiger partial charge on any atom is -0.224 e. The van der Waals surface area contributed by atoms with Crippen LogP contribution in [-0.2, 0) is 9.84 Å². The van der Waals surface area contributed by atoms with Crippen molar-refractivity contribution in [1.29, 1.82) is 0 Å². The smallest absolute Gasteiger partial charge is 0.178 e. The molecule has 0 unspecified atom stereocenters. The fourth-order valence-electron chi connectivity index (χ4n) is 2.37. The van der Waals surface area contributed by atoms with Crippen LogP contribution in [0.2, 0.25) is 0 Å². The van der Waals surface area contributed by atoms with Gasteiger partial charge in [0.2, 0.25) is 0 Å². The van der Waals surface area contributed by atoms with Crippen LogP contribution in [0.5, 0.6) is 0 Å². The second-order valence-corrected chi connectivity index (χ2v) is 6.73. The molecule has 3 heteroatoms. The first kappa shape index (κ1) is 11.6. The van der Waals surface area contributed by atoms with Gasteiger partial charge >= 0.3 is 0 Å². The lowest BCUT2D eigenvalue weighted by atomic mass is 9.98. The van der Waals surface area contributed by atoms with Gasteiger partial charge in [-0.25, -0.2) is 8.42 Å². The average molecular weight is 238 g/mol. The van der Waals surface area contributed by atoms with Gasteiger partial charge in [0.15, 0.2) is 9.84 Å². The summed E-state index contributed by atoms with van der Waals surface area (Å²) in [4.78, 5) is 0.455. The predicted octanol–water partition coefficient (Wildman–Crippen LogP) is 3.14. The Hall–Kier alpha value is -0.830. The third kappa shape index (κ3) is 2.29. The van der Waals surface area contributed by atoms with E-state index in [4.69, 9.17) is 0 Å². The van der Waals surface area contributed by atoms with Crippen molar-refractivity contribution in [3.05, 3.63) is 29.8 Å². The van der Waals surface area contributed by atoms with Crippen molar-refractivity contribution in [3.63, 3.8) is 0 Å². The van der Waals surface area contributed by atoms with Gasteiger partial charge in [-0.3, -0.25) is 0 Å². The highest BCUT2D eigenvalue weighted by molar-refractivity contribution is 7.91. The normalized spacial score (nSPS) is 17.8. The molecular weight excluding hydrogens is 220 g/mol.